The Balaban J connectivity index is 0.00000147. The molecule has 1 fully saturated rings. The summed E-state index contributed by atoms with van der Waals surface area (Å²) < 4.78 is 0. The van der Waals surface area contributed by atoms with Crippen molar-refractivity contribution >= 4 is 12.4 Å². The molecule has 2 aromatic rings. The van der Waals surface area contributed by atoms with Crippen molar-refractivity contribution in [3.63, 3.8) is 0 Å². The Hall–Kier alpha value is -1.82. The Morgan fingerprint density at radius 1 is 1.10 bits per heavy atom. The van der Waals surface area contributed by atoms with Crippen LogP contribution in [0.3, 0.4) is 0 Å². The first-order valence-electron chi connectivity index (χ1n) is 6.62. The monoisotopic (exact) mass is 284 g/mol. The highest BCUT2D eigenvalue weighted by molar-refractivity contribution is 5.85. The van der Waals surface area contributed by atoms with Crippen LogP contribution in [-0.2, 0) is 0 Å². The highest BCUT2D eigenvalue weighted by Crippen LogP contribution is 2.47. The van der Waals surface area contributed by atoms with E-state index in [1.165, 1.54) is 17.5 Å². The maximum atomic E-state index is 8.82. The third kappa shape index (κ3) is 2.85. The smallest absolute Gasteiger partial charge is 0.0991 e. The zero-order chi connectivity index (χ0) is 13.2. The number of rotatable bonds is 3. The SMILES string of the molecule is Cl.N#Cc1ccc(-c2cccc([C@H]3C[C@@H]3CN)c2)cc1. The highest BCUT2D eigenvalue weighted by Gasteiger charge is 2.36. The Kier molecular flexibility index (Phi) is 4.44. The van der Waals surface area contributed by atoms with Gasteiger partial charge in [-0.1, -0.05) is 36.4 Å². The molecule has 20 heavy (non-hydrogen) atoms. The molecular weight excluding hydrogens is 268 g/mol. The van der Waals surface area contributed by atoms with Gasteiger partial charge in [0.2, 0.25) is 0 Å². The molecule has 3 heteroatoms. The van der Waals surface area contributed by atoms with E-state index >= 15 is 0 Å². The minimum Gasteiger partial charge on any atom is -0.330 e. The average molecular weight is 285 g/mol. The molecule has 1 aliphatic rings. The summed E-state index contributed by atoms with van der Waals surface area (Å²) in [5.41, 5.74) is 10.2. The standard InChI is InChI=1S/C17H16N2.ClH/c18-10-12-4-6-13(7-5-12)14-2-1-3-15(8-14)17-9-16(17)11-19;/h1-8,16-17H,9,11,19H2;1H/t16-,17-;/m1./s1. The van der Waals surface area contributed by atoms with Crippen LogP contribution in [0.25, 0.3) is 11.1 Å². The summed E-state index contributed by atoms with van der Waals surface area (Å²) in [5, 5.41) is 8.82. The largest absolute Gasteiger partial charge is 0.330 e. The number of nitrogens with two attached hydrogens (primary N) is 1. The summed E-state index contributed by atoms with van der Waals surface area (Å²) in [6.07, 6.45) is 1.22. The fourth-order valence-corrected chi connectivity index (χ4v) is 2.60. The van der Waals surface area contributed by atoms with E-state index in [1.54, 1.807) is 0 Å². The van der Waals surface area contributed by atoms with E-state index in [0.717, 1.165) is 12.1 Å². The Labute approximate surface area is 125 Å². The first kappa shape index (κ1) is 14.6. The predicted octanol–water partition coefficient (Wildman–Crippen LogP) is 3.71. The summed E-state index contributed by atoms with van der Waals surface area (Å²) in [4.78, 5) is 0. The Morgan fingerprint density at radius 3 is 2.45 bits per heavy atom. The van der Waals surface area contributed by atoms with Crippen LogP contribution in [0.15, 0.2) is 48.5 Å². The number of benzene rings is 2. The molecule has 0 saturated heterocycles. The van der Waals surface area contributed by atoms with E-state index in [9.17, 15) is 0 Å². The summed E-state index contributed by atoms with van der Waals surface area (Å²) >= 11 is 0. The highest BCUT2D eigenvalue weighted by atomic mass is 35.5. The summed E-state index contributed by atoms with van der Waals surface area (Å²) in [6, 6.07) is 18.5. The third-order valence-electron chi connectivity index (χ3n) is 3.89. The van der Waals surface area contributed by atoms with Crippen LogP contribution in [0.2, 0.25) is 0 Å². The lowest BCUT2D eigenvalue weighted by Gasteiger charge is -2.05. The van der Waals surface area contributed by atoms with Gasteiger partial charge in [0, 0.05) is 0 Å². The molecule has 2 aromatic carbocycles. The van der Waals surface area contributed by atoms with Crippen LogP contribution < -0.4 is 5.73 Å². The second-order valence-corrected chi connectivity index (χ2v) is 5.15. The number of nitriles is 1. The summed E-state index contributed by atoms with van der Waals surface area (Å²) in [6.45, 7) is 0.783. The second-order valence-electron chi connectivity index (χ2n) is 5.15. The van der Waals surface area contributed by atoms with Crippen molar-refractivity contribution in [2.45, 2.75) is 12.3 Å². The minimum absolute atomic E-state index is 0. The second kappa shape index (κ2) is 6.09. The van der Waals surface area contributed by atoms with Gasteiger partial charge in [-0.15, -0.1) is 12.4 Å². The molecular formula is C17H17ClN2. The van der Waals surface area contributed by atoms with Gasteiger partial charge in [-0.3, -0.25) is 0 Å². The van der Waals surface area contributed by atoms with Crippen molar-refractivity contribution in [3.05, 3.63) is 59.7 Å². The Morgan fingerprint density at radius 2 is 1.85 bits per heavy atom. The summed E-state index contributed by atoms with van der Waals surface area (Å²) in [7, 11) is 0. The first-order valence-corrected chi connectivity index (χ1v) is 6.62. The first-order chi connectivity index (χ1) is 9.31. The maximum Gasteiger partial charge on any atom is 0.0991 e. The quantitative estimate of drug-likeness (QED) is 0.934. The van der Waals surface area contributed by atoms with E-state index in [1.807, 2.05) is 24.3 Å². The van der Waals surface area contributed by atoms with Crippen LogP contribution in [0, 0.1) is 17.2 Å². The fourth-order valence-electron chi connectivity index (χ4n) is 2.60. The predicted molar refractivity (Wildman–Crippen MR) is 83.7 cm³/mol. The van der Waals surface area contributed by atoms with Gasteiger partial charge in [0.1, 0.15) is 0 Å². The van der Waals surface area contributed by atoms with Gasteiger partial charge >= 0.3 is 0 Å². The lowest BCUT2D eigenvalue weighted by atomic mass is 10.00. The van der Waals surface area contributed by atoms with Gasteiger partial charge in [0.15, 0.2) is 0 Å². The molecule has 0 heterocycles. The molecule has 0 bridgehead atoms. The number of nitrogens with zero attached hydrogens (tertiary/aromatic N) is 1. The average Bonchev–Trinajstić information content (AvgIpc) is 3.27. The molecule has 0 spiro atoms. The third-order valence-corrected chi connectivity index (χ3v) is 3.89. The molecule has 102 valence electrons. The topological polar surface area (TPSA) is 49.8 Å². The number of hydrogen-bond donors (Lipinski definition) is 1. The van der Waals surface area contributed by atoms with Crippen molar-refractivity contribution in [1.82, 2.24) is 0 Å². The van der Waals surface area contributed by atoms with Gasteiger partial charge in [0.05, 0.1) is 11.6 Å². The van der Waals surface area contributed by atoms with Crippen molar-refractivity contribution in [2.24, 2.45) is 11.7 Å². The van der Waals surface area contributed by atoms with Gasteiger partial charge in [-0.2, -0.15) is 5.26 Å². The van der Waals surface area contributed by atoms with Gasteiger partial charge in [-0.05, 0) is 53.6 Å². The molecule has 2 atom stereocenters. The Bertz CT molecular complexity index is 628. The number of hydrogen-bond acceptors (Lipinski definition) is 2. The van der Waals surface area contributed by atoms with E-state index in [2.05, 4.69) is 30.3 Å². The van der Waals surface area contributed by atoms with E-state index in [4.69, 9.17) is 11.0 Å². The maximum absolute atomic E-state index is 8.82. The molecule has 1 aliphatic carbocycles. The number of halogens is 1. The van der Waals surface area contributed by atoms with Crippen molar-refractivity contribution in [1.29, 1.82) is 5.26 Å². The molecule has 0 aliphatic heterocycles. The lowest BCUT2D eigenvalue weighted by molar-refractivity contribution is 0.810. The van der Waals surface area contributed by atoms with Crippen molar-refractivity contribution in [3.8, 4) is 17.2 Å². The molecule has 0 aromatic heterocycles. The van der Waals surface area contributed by atoms with Crippen LogP contribution in [0.4, 0.5) is 0 Å². The zero-order valence-electron chi connectivity index (χ0n) is 11.1. The van der Waals surface area contributed by atoms with Crippen molar-refractivity contribution < 1.29 is 0 Å². The van der Waals surface area contributed by atoms with E-state index in [-0.39, 0.29) is 12.4 Å². The summed E-state index contributed by atoms with van der Waals surface area (Å²) in [5.74, 6) is 1.31. The fraction of sp³-hybridized carbons (Fsp3) is 0.235. The van der Waals surface area contributed by atoms with Crippen LogP contribution in [0.1, 0.15) is 23.5 Å². The van der Waals surface area contributed by atoms with Crippen LogP contribution >= 0.6 is 12.4 Å². The van der Waals surface area contributed by atoms with Gasteiger partial charge in [0.25, 0.3) is 0 Å². The van der Waals surface area contributed by atoms with Crippen molar-refractivity contribution in [2.75, 3.05) is 6.54 Å². The molecule has 1 saturated carbocycles. The lowest BCUT2D eigenvalue weighted by Crippen LogP contribution is -2.01. The molecule has 2 nitrogen and oxygen atoms in total. The molecule has 0 radical (unpaired) electrons. The zero-order valence-corrected chi connectivity index (χ0v) is 11.9. The molecule has 0 unspecified atom stereocenters. The van der Waals surface area contributed by atoms with Crippen LogP contribution in [0.5, 0.6) is 0 Å². The van der Waals surface area contributed by atoms with Gasteiger partial charge < -0.3 is 5.73 Å². The molecule has 3 rings (SSSR count). The molecule has 0 amide bonds. The minimum atomic E-state index is 0. The van der Waals surface area contributed by atoms with E-state index in [0.29, 0.717) is 17.4 Å². The van der Waals surface area contributed by atoms with Gasteiger partial charge in [-0.25, -0.2) is 0 Å². The molecule has 2 N–H and O–H groups in total. The van der Waals surface area contributed by atoms with Crippen LogP contribution in [-0.4, -0.2) is 6.54 Å². The van der Waals surface area contributed by atoms with E-state index < -0.39 is 0 Å². The normalized spacial score (nSPS) is 19.8.